The molecule has 4 N–H and O–H groups in total. The number of pyridine rings is 2. The van der Waals surface area contributed by atoms with Crippen molar-refractivity contribution in [2.45, 2.75) is 31.8 Å². The molecule has 0 saturated carbocycles. The average Bonchev–Trinajstić information content (AvgIpc) is 2.60. The highest BCUT2D eigenvalue weighted by atomic mass is 16.3. The summed E-state index contributed by atoms with van der Waals surface area (Å²) in [6, 6.07) is 3.93. The normalized spacial score (nSPS) is 20.7. The van der Waals surface area contributed by atoms with Gasteiger partial charge in [0.15, 0.2) is 0 Å². The van der Waals surface area contributed by atoms with Crippen molar-refractivity contribution in [3.05, 3.63) is 30.2 Å². The summed E-state index contributed by atoms with van der Waals surface area (Å²) in [6.45, 7) is 3.83. The SMILES string of the molecule is Cc1cc(N2CCC[C@@](O)(CNC(=O)CCN)C2)c2cnccc2n1. The number of aryl methyl sites for hydroxylation is 1. The maximum Gasteiger partial charge on any atom is 0.221 e. The molecule has 0 unspecified atom stereocenters. The Morgan fingerprint density at radius 2 is 2.36 bits per heavy atom. The number of carbonyl (C=O) groups excluding carboxylic acids is 1. The van der Waals surface area contributed by atoms with E-state index in [1.165, 1.54) is 0 Å². The average molecular weight is 343 g/mol. The van der Waals surface area contributed by atoms with Crippen molar-refractivity contribution in [3.8, 4) is 0 Å². The van der Waals surface area contributed by atoms with Gasteiger partial charge in [-0.25, -0.2) is 0 Å². The standard InChI is InChI=1S/C18H25N5O2/c1-13-9-16(14-10-20-7-4-15(14)22-13)23-8-2-5-18(25,12-23)11-21-17(24)3-6-19/h4,7,9-10,25H,2-3,5-6,8,11-12,19H2,1H3,(H,21,24)/t18-/m1/s1. The number of nitrogens with two attached hydrogens (primary N) is 1. The van der Waals surface area contributed by atoms with Crippen LogP contribution >= 0.6 is 0 Å². The first kappa shape index (κ1) is 17.6. The van der Waals surface area contributed by atoms with Gasteiger partial charge in [-0.1, -0.05) is 0 Å². The quantitative estimate of drug-likeness (QED) is 0.739. The summed E-state index contributed by atoms with van der Waals surface area (Å²) >= 11 is 0. The molecule has 0 bridgehead atoms. The number of anilines is 1. The Hall–Kier alpha value is -2.25. The number of aromatic nitrogens is 2. The number of fused-ring (bicyclic) bond motifs is 1. The number of piperidine rings is 1. The zero-order valence-corrected chi connectivity index (χ0v) is 14.5. The van der Waals surface area contributed by atoms with Gasteiger partial charge >= 0.3 is 0 Å². The Morgan fingerprint density at radius 1 is 1.52 bits per heavy atom. The second-order valence-corrected chi connectivity index (χ2v) is 6.74. The molecule has 3 rings (SSSR count). The summed E-state index contributed by atoms with van der Waals surface area (Å²) in [5, 5.41) is 14.7. The molecule has 0 radical (unpaired) electrons. The molecule has 2 aromatic rings. The van der Waals surface area contributed by atoms with Crippen molar-refractivity contribution in [2.75, 3.05) is 31.1 Å². The summed E-state index contributed by atoms with van der Waals surface area (Å²) in [5.74, 6) is -0.123. The first-order valence-corrected chi connectivity index (χ1v) is 8.66. The lowest BCUT2D eigenvalue weighted by Gasteiger charge is -2.41. The van der Waals surface area contributed by atoms with Gasteiger partial charge in [0.2, 0.25) is 5.91 Å². The van der Waals surface area contributed by atoms with E-state index >= 15 is 0 Å². The molecule has 2 aromatic heterocycles. The van der Waals surface area contributed by atoms with Crippen LogP contribution in [0.4, 0.5) is 5.69 Å². The zero-order chi connectivity index (χ0) is 17.9. The lowest BCUT2D eigenvalue weighted by Crippen LogP contribution is -2.54. The molecule has 0 aliphatic carbocycles. The van der Waals surface area contributed by atoms with Gasteiger partial charge in [-0.3, -0.25) is 14.8 Å². The van der Waals surface area contributed by atoms with E-state index in [9.17, 15) is 9.90 Å². The van der Waals surface area contributed by atoms with Crippen LogP contribution in [0.2, 0.25) is 0 Å². The third kappa shape index (κ3) is 4.05. The number of rotatable bonds is 5. The van der Waals surface area contributed by atoms with Gasteiger partial charge in [0, 0.05) is 61.8 Å². The third-order valence-electron chi connectivity index (χ3n) is 4.60. The van der Waals surface area contributed by atoms with Crippen molar-refractivity contribution in [1.29, 1.82) is 0 Å². The van der Waals surface area contributed by atoms with Crippen LogP contribution in [-0.4, -0.2) is 52.8 Å². The molecule has 7 nitrogen and oxygen atoms in total. The Labute approximate surface area is 147 Å². The van der Waals surface area contributed by atoms with E-state index in [1.54, 1.807) is 6.20 Å². The number of hydrogen-bond donors (Lipinski definition) is 3. The van der Waals surface area contributed by atoms with E-state index in [-0.39, 0.29) is 18.9 Å². The van der Waals surface area contributed by atoms with Crippen molar-refractivity contribution in [3.63, 3.8) is 0 Å². The fourth-order valence-electron chi connectivity index (χ4n) is 3.39. The predicted octanol–water partition coefficient (Wildman–Crippen LogP) is 0.735. The monoisotopic (exact) mass is 343 g/mol. The third-order valence-corrected chi connectivity index (χ3v) is 4.60. The van der Waals surface area contributed by atoms with Gasteiger partial charge in [0.05, 0.1) is 11.1 Å². The number of carbonyl (C=O) groups is 1. The van der Waals surface area contributed by atoms with Crippen LogP contribution < -0.4 is 16.0 Å². The number of amides is 1. The Morgan fingerprint density at radius 3 is 3.16 bits per heavy atom. The van der Waals surface area contributed by atoms with Crippen LogP contribution in [-0.2, 0) is 4.79 Å². The number of nitrogens with zero attached hydrogens (tertiary/aromatic N) is 3. The highest BCUT2D eigenvalue weighted by molar-refractivity contribution is 5.91. The molecule has 134 valence electrons. The summed E-state index contributed by atoms with van der Waals surface area (Å²) < 4.78 is 0. The van der Waals surface area contributed by atoms with Gasteiger partial charge < -0.3 is 21.1 Å². The maximum atomic E-state index is 11.7. The number of β-amino-alcohol motifs (C(OH)–C–C–N with tert-alkyl or cyclic N) is 1. The first-order valence-electron chi connectivity index (χ1n) is 8.66. The summed E-state index contributed by atoms with van der Waals surface area (Å²) in [5.41, 5.74) is 7.30. The van der Waals surface area contributed by atoms with Gasteiger partial charge in [-0.05, 0) is 31.9 Å². The topological polar surface area (TPSA) is 104 Å². The second-order valence-electron chi connectivity index (χ2n) is 6.74. The molecule has 1 saturated heterocycles. The van der Waals surface area contributed by atoms with Crippen LogP contribution in [0.15, 0.2) is 24.5 Å². The molecule has 1 atom stereocenters. The van der Waals surface area contributed by atoms with Gasteiger partial charge in [-0.15, -0.1) is 0 Å². The van der Waals surface area contributed by atoms with Crippen LogP contribution in [0.1, 0.15) is 25.0 Å². The van der Waals surface area contributed by atoms with Crippen molar-refractivity contribution in [1.82, 2.24) is 15.3 Å². The van der Waals surface area contributed by atoms with Gasteiger partial charge in [0.25, 0.3) is 0 Å². The fraction of sp³-hybridized carbons (Fsp3) is 0.500. The molecule has 25 heavy (non-hydrogen) atoms. The Bertz CT molecular complexity index is 766. The largest absolute Gasteiger partial charge is 0.386 e. The minimum Gasteiger partial charge on any atom is -0.386 e. The zero-order valence-electron chi connectivity index (χ0n) is 14.5. The van der Waals surface area contributed by atoms with E-state index in [0.29, 0.717) is 19.5 Å². The smallest absolute Gasteiger partial charge is 0.221 e. The van der Waals surface area contributed by atoms with E-state index in [1.807, 2.05) is 25.3 Å². The van der Waals surface area contributed by atoms with Crippen molar-refractivity contribution >= 4 is 22.5 Å². The minimum absolute atomic E-state index is 0.123. The highest BCUT2D eigenvalue weighted by Crippen LogP contribution is 2.31. The fourth-order valence-corrected chi connectivity index (χ4v) is 3.39. The van der Waals surface area contributed by atoms with Gasteiger partial charge in [-0.2, -0.15) is 0 Å². The Kier molecular flexibility index (Phi) is 5.15. The summed E-state index contributed by atoms with van der Waals surface area (Å²) in [4.78, 5) is 22.6. The molecule has 0 spiro atoms. The molecule has 1 amide bonds. The van der Waals surface area contributed by atoms with Gasteiger partial charge in [0.1, 0.15) is 0 Å². The number of hydrogen-bond acceptors (Lipinski definition) is 6. The lowest BCUT2D eigenvalue weighted by atomic mass is 9.92. The highest BCUT2D eigenvalue weighted by Gasteiger charge is 2.34. The molecule has 1 aliphatic heterocycles. The first-order chi connectivity index (χ1) is 12.0. The molecular formula is C18H25N5O2. The molecule has 1 aliphatic rings. The summed E-state index contributed by atoms with van der Waals surface area (Å²) in [7, 11) is 0. The molecule has 0 aromatic carbocycles. The summed E-state index contributed by atoms with van der Waals surface area (Å²) in [6.07, 6.45) is 5.34. The number of nitrogens with one attached hydrogen (secondary N) is 1. The van der Waals surface area contributed by atoms with Crippen LogP contribution in [0.25, 0.3) is 10.9 Å². The Balaban J connectivity index is 1.81. The molecule has 1 fully saturated rings. The van der Waals surface area contributed by atoms with Crippen LogP contribution in [0.5, 0.6) is 0 Å². The predicted molar refractivity (Wildman–Crippen MR) is 97.4 cm³/mol. The molecular weight excluding hydrogens is 318 g/mol. The van der Waals surface area contributed by atoms with E-state index < -0.39 is 5.60 Å². The van der Waals surface area contributed by atoms with E-state index in [4.69, 9.17) is 5.73 Å². The lowest BCUT2D eigenvalue weighted by molar-refractivity contribution is -0.122. The van der Waals surface area contributed by atoms with Crippen molar-refractivity contribution in [2.24, 2.45) is 5.73 Å². The van der Waals surface area contributed by atoms with Crippen LogP contribution in [0, 0.1) is 6.92 Å². The molecule has 7 heteroatoms. The minimum atomic E-state index is -0.950. The van der Waals surface area contributed by atoms with Crippen LogP contribution in [0.3, 0.4) is 0 Å². The van der Waals surface area contributed by atoms with E-state index in [0.717, 1.165) is 35.2 Å². The molecule has 3 heterocycles. The second kappa shape index (κ2) is 7.33. The maximum absolute atomic E-state index is 11.7. The van der Waals surface area contributed by atoms with Crippen molar-refractivity contribution < 1.29 is 9.90 Å². The number of aliphatic hydroxyl groups is 1. The van der Waals surface area contributed by atoms with E-state index in [2.05, 4.69) is 20.2 Å².